The first-order valence-corrected chi connectivity index (χ1v) is 6.90. The van der Waals surface area contributed by atoms with Crippen molar-refractivity contribution in [3.8, 4) is 5.75 Å². The molecule has 1 fully saturated rings. The minimum Gasteiger partial charge on any atom is -0.505 e. The Bertz CT molecular complexity index is 490. The van der Waals surface area contributed by atoms with E-state index in [4.69, 9.17) is 5.73 Å². The zero-order valence-corrected chi connectivity index (χ0v) is 12.1. The highest BCUT2D eigenvalue weighted by atomic mass is 79.9. The first-order valence-electron chi connectivity index (χ1n) is 6.10. The van der Waals surface area contributed by atoms with Gasteiger partial charge in [0.1, 0.15) is 11.8 Å². The molecule has 0 radical (unpaired) electrons. The Morgan fingerprint density at radius 3 is 2.45 bits per heavy atom. The number of phenols is 1. The van der Waals surface area contributed by atoms with E-state index in [0.29, 0.717) is 13.1 Å². The number of nitrogens with two attached hydrogens (primary N) is 1. The SMILES string of the molecule is Nc1ccc(Br)c([C@@H](N2CCNCC2)C(F)(F)F)c1O. The van der Waals surface area contributed by atoms with E-state index in [1.54, 1.807) is 0 Å². The summed E-state index contributed by atoms with van der Waals surface area (Å²) < 4.78 is 40.5. The molecule has 1 aromatic carbocycles. The van der Waals surface area contributed by atoms with Gasteiger partial charge in [-0.3, -0.25) is 4.90 Å². The fourth-order valence-electron chi connectivity index (χ4n) is 2.35. The number of piperazine rings is 1. The molecular weight excluding hydrogens is 339 g/mol. The van der Waals surface area contributed by atoms with Gasteiger partial charge in [-0.2, -0.15) is 13.2 Å². The third-order valence-corrected chi connectivity index (χ3v) is 3.99. The number of anilines is 1. The van der Waals surface area contributed by atoms with Crippen LogP contribution in [0.1, 0.15) is 11.6 Å². The molecule has 1 aliphatic rings. The average molecular weight is 354 g/mol. The molecule has 4 N–H and O–H groups in total. The second kappa shape index (κ2) is 5.79. The van der Waals surface area contributed by atoms with Gasteiger partial charge in [-0.1, -0.05) is 15.9 Å². The molecule has 0 spiro atoms. The number of hydrogen-bond acceptors (Lipinski definition) is 4. The fourth-order valence-corrected chi connectivity index (χ4v) is 2.89. The van der Waals surface area contributed by atoms with Crippen LogP contribution in [0.4, 0.5) is 18.9 Å². The number of aromatic hydroxyl groups is 1. The molecule has 2 rings (SSSR count). The van der Waals surface area contributed by atoms with Gasteiger partial charge in [0, 0.05) is 36.2 Å². The van der Waals surface area contributed by atoms with Gasteiger partial charge in [-0.15, -0.1) is 0 Å². The van der Waals surface area contributed by atoms with Crippen LogP contribution in [-0.4, -0.2) is 42.4 Å². The summed E-state index contributed by atoms with van der Waals surface area (Å²) in [5.74, 6) is -0.514. The third-order valence-electron chi connectivity index (χ3n) is 3.30. The molecule has 8 heteroatoms. The van der Waals surface area contributed by atoms with Crippen molar-refractivity contribution in [2.45, 2.75) is 12.2 Å². The van der Waals surface area contributed by atoms with Gasteiger partial charge >= 0.3 is 6.18 Å². The van der Waals surface area contributed by atoms with Crippen LogP contribution in [0.15, 0.2) is 16.6 Å². The highest BCUT2D eigenvalue weighted by molar-refractivity contribution is 9.10. The normalized spacial score (nSPS) is 19.0. The summed E-state index contributed by atoms with van der Waals surface area (Å²) in [7, 11) is 0. The number of nitrogens with zero attached hydrogens (tertiary/aromatic N) is 1. The maximum Gasteiger partial charge on any atom is 0.408 e. The molecule has 112 valence electrons. The Labute approximate surface area is 122 Å². The molecule has 0 saturated carbocycles. The van der Waals surface area contributed by atoms with Gasteiger partial charge in [-0.05, 0) is 12.1 Å². The lowest BCUT2D eigenvalue weighted by atomic mass is 10.0. The van der Waals surface area contributed by atoms with E-state index in [-0.39, 0.29) is 28.8 Å². The monoisotopic (exact) mass is 353 g/mol. The topological polar surface area (TPSA) is 61.5 Å². The van der Waals surface area contributed by atoms with Crippen molar-refractivity contribution >= 4 is 21.6 Å². The quantitative estimate of drug-likeness (QED) is 0.563. The average Bonchev–Trinajstić information content (AvgIpc) is 2.39. The van der Waals surface area contributed by atoms with Gasteiger partial charge in [0.05, 0.1) is 5.69 Å². The van der Waals surface area contributed by atoms with Crippen LogP contribution in [-0.2, 0) is 0 Å². The molecule has 4 nitrogen and oxygen atoms in total. The van der Waals surface area contributed by atoms with Crippen molar-refractivity contribution in [1.82, 2.24) is 10.2 Å². The highest BCUT2D eigenvalue weighted by Crippen LogP contribution is 2.46. The van der Waals surface area contributed by atoms with Crippen LogP contribution in [0.5, 0.6) is 5.75 Å². The lowest BCUT2D eigenvalue weighted by molar-refractivity contribution is -0.188. The minimum absolute atomic E-state index is 0.0624. The Hall–Kier alpha value is -0.990. The molecule has 0 amide bonds. The van der Waals surface area contributed by atoms with Crippen LogP contribution in [0, 0.1) is 0 Å². The predicted octanol–water partition coefficient (Wildman–Crippen LogP) is 2.25. The third kappa shape index (κ3) is 3.02. The van der Waals surface area contributed by atoms with E-state index in [0.717, 1.165) is 0 Å². The minimum atomic E-state index is -4.49. The maximum atomic E-state index is 13.4. The molecule has 1 aromatic rings. The van der Waals surface area contributed by atoms with Gasteiger partial charge in [0.15, 0.2) is 0 Å². The predicted molar refractivity (Wildman–Crippen MR) is 73.5 cm³/mol. The molecule has 0 aromatic heterocycles. The van der Waals surface area contributed by atoms with Gasteiger partial charge < -0.3 is 16.2 Å². The van der Waals surface area contributed by atoms with E-state index in [9.17, 15) is 18.3 Å². The Kier molecular flexibility index (Phi) is 4.46. The summed E-state index contributed by atoms with van der Waals surface area (Å²) in [5, 5.41) is 13.0. The van der Waals surface area contributed by atoms with Crippen LogP contribution in [0.2, 0.25) is 0 Å². The molecule has 0 bridgehead atoms. The van der Waals surface area contributed by atoms with Gasteiger partial charge in [0.25, 0.3) is 0 Å². The Morgan fingerprint density at radius 2 is 1.90 bits per heavy atom. The molecule has 20 heavy (non-hydrogen) atoms. The van der Waals surface area contributed by atoms with Crippen LogP contribution >= 0.6 is 15.9 Å². The zero-order chi connectivity index (χ0) is 14.9. The molecule has 1 atom stereocenters. The zero-order valence-electron chi connectivity index (χ0n) is 10.5. The van der Waals surface area contributed by atoms with E-state index >= 15 is 0 Å². The van der Waals surface area contributed by atoms with Gasteiger partial charge in [-0.25, -0.2) is 0 Å². The molecular formula is C12H15BrF3N3O. The lowest BCUT2D eigenvalue weighted by Gasteiger charge is -2.36. The molecule has 1 aliphatic heterocycles. The van der Waals surface area contributed by atoms with E-state index in [2.05, 4.69) is 21.2 Å². The fraction of sp³-hybridized carbons (Fsp3) is 0.500. The van der Waals surface area contributed by atoms with E-state index in [1.165, 1.54) is 17.0 Å². The second-order valence-corrected chi connectivity index (χ2v) is 5.48. The number of rotatable bonds is 2. The number of alkyl halides is 3. The van der Waals surface area contributed by atoms with Crippen LogP contribution < -0.4 is 11.1 Å². The number of halogens is 4. The number of hydrogen-bond donors (Lipinski definition) is 3. The summed E-state index contributed by atoms with van der Waals surface area (Å²) in [5.41, 5.74) is 5.25. The number of nitrogen functional groups attached to an aromatic ring is 1. The van der Waals surface area contributed by atoms with Crippen LogP contribution in [0.3, 0.4) is 0 Å². The standard InChI is InChI=1S/C12H15BrF3N3O/c13-7-1-2-8(17)10(20)9(7)11(12(14,15)16)19-5-3-18-4-6-19/h1-2,11,18,20H,3-6,17H2/t11-/m1/s1. The first kappa shape index (κ1) is 15.4. The van der Waals surface area contributed by atoms with E-state index in [1.807, 2.05) is 0 Å². The lowest BCUT2D eigenvalue weighted by Crippen LogP contribution is -2.49. The van der Waals surface area contributed by atoms with Crippen molar-refractivity contribution in [3.63, 3.8) is 0 Å². The van der Waals surface area contributed by atoms with Crippen molar-refractivity contribution in [1.29, 1.82) is 0 Å². The summed E-state index contributed by atoms with van der Waals surface area (Å²) >= 11 is 3.08. The smallest absolute Gasteiger partial charge is 0.408 e. The van der Waals surface area contributed by atoms with Crippen molar-refractivity contribution < 1.29 is 18.3 Å². The summed E-state index contributed by atoms with van der Waals surface area (Å²) in [4.78, 5) is 1.30. The summed E-state index contributed by atoms with van der Waals surface area (Å²) in [6.07, 6.45) is -4.49. The van der Waals surface area contributed by atoms with E-state index < -0.39 is 18.0 Å². The molecule has 0 aliphatic carbocycles. The van der Waals surface area contributed by atoms with Crippen LogP contribution in [0.25, 0.3) is 0 Å². The largest absolute Gasteiger partial charge is 0.505 e. The summed E-state index contributed by atoms with van der Waals surface area (Å²) in [6.45, 7) is 1.47. The summed E-state index contributed by atoms with van der Waals surface area (Å²) in [6, 6.07) is 0.918. The van der Waals surface area contributed by atoms with Crippen molar-refractivity contribution in [3.05, 3.63) is 22.2 Å². The molecule has 1 saturated heterocycles. The van der Waals surface area contributed by atoms with Crippen molar-refractivity contribution in [2.75, 3.05) is 31.9 Å². The maximum absolute atomic E-state index is 13.4. The molecule has 1 heterocycles. The molecule has 0 unspecified atom stereocenters. The van der Waals surface area contributed by atoms with Gasteiger partial charge in [0.2, 0.25) is 0 Å². The van der Waals surface area contributed by atoms with Crippen molar-refractivity contribution in [2.24, 2.45) is 0 Å². The first-order chi connectivity index (χ1) is 9.32. The number of benzene rings is 1. The number of phenolic OH excluding ortho intramolecular Hbond substituents is 1. The highest BCUT2D eigenvalue weighted by Gasteiger charge is 2.47. The Morgan fingerprint density at radius 1 is 1.30 bits per heavy atom. The second-order valence-electron chi connectivity index (χ2n) is 4.63. The Balaban J connectivity index is 2.49. The number of nitrogens with one attached hydrogen (secondary N) is 1.